The third-order valence-corrected chi connectivity index (χ3v) is 2.88. The second kappa shape index (κ2) is 6.52. The lowest BCUT2D eigenvalue weighted by atomic mass is 10.1. The van der Waals surface area contributed by atoms with E-state index in [1.807, 2.05) is 19.1 Å². The number of nitrogens with one attached hydrogen (secondary N) is 1. The molecule has 2 aromatic carbocycles. The van der Waals surface area contributed by atoms with Crippen LogP contribution in [0.15, 0.2) is 59.7 Å². The predicted molar refractivity (Wildman–Crippen MR) is 78.8 cm³/mol. The van der Waals surface area contributed by atoms with E-state index in [1.54, 1.807) is 42.5 Å². The van der Waals surface area contributed by atoms with Crippen molar-refractivity contribution in [3.8, 4) is 5.75 Å². The van der Waals surface area contributed by atoms with Crippen molar-refractivity contribution in [1.29, 1.82) is 0 Å². The monoisotopic (exact) mass is 268 g/mol. The van der Waals surface area contributed by atoms with Crippen molar-refractivity contribution in [1.82, 2.24) is 5.43 Å². The second-order valence-corrected chi connectivity index (χ2v) is 4.24. The number of carbonyl (C=O) groups is 1. The van der Waals surface area contributed by atoms with Gasteiger partial charge in [0, 0.05) is 11.1 Å². The molecule has 2 aromatic rings. The van der Waals surface area contributed by atoms with Crippen LogP contribution in [0.4, 0.5) is 0 Å². The molecule has 0 saturated heterocycles. The van der Waals surface area contributed by atoms with E-state index in [-0.39, 0.29) is 11.7 Å². The number of nitrogens with zero attached hydrogens (tertiary/aromatic N) is 1. The minimum absolute atomic E-state index is 0.155. The van der Waals surface area contributed by atoms with E-state index in [2.05, 4.69) is 10.5 Å². The topological polar surface area (TPSA) is 61.7 Å². The minimum atomic E-state index is -0.271. The number of carbonyl (C=O) groups excluding carboxylic acids is 1. The molecule has 0 radical (unpaired) electrons. The van der Waals surface area contributed by atoms with Crippen molar-refractivity contribution in [3.63, 3.8) is 0 Å². The summed E-state index contributed by atoms with van der Waals surface area (Å²) in [5, 5.41) is 13.9. The van der Waals surface area contributed by atoms with E-state index < -0.39 is 0 Å². The van der Waals surface area contributed by atoms with E-state index >= 15 is 0 Å². The maximum absolute atomic E-state index is 11.9. The fourth-order valence-electron chi connectivity index (χ4n) is 1.82. The van der Waals surface area contributed by atoms with Gasteiger partial charge in [-0.2, -0.15) is 5.10 Å². The Morgan fingerprint density at radius 3 is 2.40 bits per heavy atom. The molecule has 4 nitrogen and oxygen atoms in total. The summed E-state index contributed by atoms with van der Waals surface area (Å²) in [5.41, 5.74) is 4.32. The number of rotatable bonds is 4. The highest BCUT2D eigenvalue weighted by atomic mass is 16.3. The zero-order valence-electron chi connectivity index (χ0n) is 11.2. The van der Waals surface area contributed by atoms with Gasteiger partial charge in [-0.3, -0.25) is 4.79 Å². The normalized spacial score (nSPS) is 11.2. The van der Waals surface area contributed by atoms with Crippen molar-refractivity contribution in [2.24, 2.45) is 5.10 Å². The number of hydrogen-bond acceptors (Lipinski definition) is 3. The Morgan fingerprint density at radius 1 is 1.10 bits per heavy atom. The standard InChI is InChI=1S/C16H16N2O2/c1-2-14(13-10-6-7-11-15(13)19)17-18-16(20)12-8-4-3-5-9-12/h3-11,19H,2H2,1H3,(H,18,20). The number of benzene rings is 2. The highest BCUT2D eigenvalue weighted by Gasteiger charge is 2.08. The first-order valence-corrected chi connectivity index (χ1v) is 6.42. The van der Waals surface area contributed by atoms with Crippen LogP contribution in [0.5, 0.6) is 5.75 Å². The summed E-state index contributed by atoms with van der Waals surface area (Å²) in [5.74, 6) is -0.117. The van der Waals surface area contributed by atoms with E-state index in [9.17, 15) is 9.90 Å². The summed E-state index contributed by atoms with van der Waals surface area (Å²) < 4.78 is 0. The molecule has 0 atom stereocenters. The third kappa shape index (κ3) is 3.23. The summed E-state index contributed by atoms with van der Waals surface area (Å²) >= 11 is 0. The minimum Gasteiger partial charge on any atom is -0.507 e. The Kier molecular flexibility index (Phi) is 4.50. The first-order chi connectivity index (χ1) is 9.72. The molecule has 0 fully saturated rings. The van der Waals surface area contributed by atoms with Crippen LogP contribution in [0.2, 0.25) is 0 Å². The molecule has 0 aliphatic rings. The molecule has 20 heavy (non-hydrogen) atoms. The molecule has 0 spiro atoms. The molecule has 2 rings (SSSR count). The largest absolute Gasteiger partial charge is 0.507 e. The van der Waals surface area contributed by atoms with E-state index in [4.69, 9.17) is 0 Å². The van der Waals surface area contributed by atoms with Gasteiger partial charge in [0.05, 0.1) is 5.71 Å². The lowest BCUT2D eigenvalue weighted by molar-refractivity contribution is 0.0955. The van der Waals surface area contributed by atoms with Crippen molar-refractivity contribution < 1.29 is 9.90 Å². The van der Waals surface area contributed by atoms with Crippen molar-refractivity contribution >= 4 is 11.6 Å². The molecule has 0 unspecified atom stereocenters. The average Bonchev–Trinajstić information content (AvgIpc) is 2.50. The van der Waals surface area contributed by atoms with Gasteiger partial charge in [-0.1, -0.05) is 37.3 Å². The first kappa shape index (κ1) is 13.8. The van der Waals surface area contributed by atoms with Gasteiger partial charge >= 0.3 is 0 Å². The van der Waals surface area contributed by atoms with E-state index in [0.717, 1.165) is 0 Å². The second-order valence-electron chi connectivity index (χ2n) is 4.24. The van der Waals surface area contributed by atoms with Crippen molar-refractivity contribution in [3.05, 3.63) is 65.7 Å². The number of hydrogen-bond donors (Lipinski definition) is 2. The first-order valence-electron chi connectivity index (χ1n) is 6.42. The number of hydrazone groups is 1. The Morgan fingerprint density at radius 2 is 1.75 bits per heavy atom. The summed E-state index contributed by atoms with van der Waals surface area (Å²) in [6.45, 7) is 1.92. The Hall–Kier alpha value is -2.62. The summed E-state index contributed by atoms with van der Waals surface area (Å²) in [7, 11) is 0. The zero-order chi connectivity index (χ0) is 14.4. The van der Waals surface area contributed by atoms with Crippen molar-refractivity contribution in [2.45, 2.75) is 13.3 Å². The molecule has 1 amide bonds. The molecule has 102 valence electrons. The molecule has 0 aromatic heterocycles. The van der Waals surface area contributed by atoms with Gasteiger partial charge in [0.1, 0.15) is 5.75 Å². The van der Waals surface area contributed by atoms with Gasteiger partial charge in [-0.15, -0.1) is 0 Å². The van der Waals surface area contributed by atoms with Gasteiger partial charge in [0.15, 0.2) is 0 Å². The molecular weight excluding hydrogens is 252 g/mol. The van der Waals surface area contributed by atoms with Crippen LogP contribution in [0.1, 0.15) is 29.3 Å². The van der Waals surface area contributed by atoms with Crippen LogP contribution in [-0.2, 0) is 0 Å². The molecule has 0 aliphatic carbocycles. The highest BCUT2D eigenvalue weighted by molar-refractivity contribution is 6.03. The molecule has 0 aliphatic heterocycles. The number of phenolic OH excluding ortho intramolecular Hbond substituents is 1. The van der Waals surface area contributed by atoms with Crippen LogP contribution in [0.25, 0.3) is 0 Å². The number of aromatic hydroxyl groups is 1. The van der Waals surface area contributed by atoms with E-state index in [0.29, 0.717) is 23.3 Å². The fraction of sp³-hybridized carbons (Fsp3) is 0.125. The lowest BCUT2D eigenvalue weighted by Gasteiger charge is -2.07. The third-order valence-electron chi connectivity index (χ3n) is 2.88. The predicted octanol–water partition coefficient (Wildman–Crippen LogP) is 2.94. The molecule has 0 bridgehead atoms. The molecule has 4 heteroatoms. The van der Waals surface area contributed by atoms with Crippen LogP contribution in [0.3, 0.4) is 0 Å². The van der Waals surface area contributed by atoms with Crippen LogP contribution >= 0.6 is 0 Å². The molecule has 2 N–H and O–H groups in total. The van der Waals surface area contributed by atoms with Gasteiger partial charge < -0.3 is 5.11 Å². The highest BCUT2D eigenvalue weighted by Crippen LogP contribution is 2.17. The maximum Gasteiger partial charge on any atom is 0.271 e. The van der Waals surface area contributed by atoms with Gasteiger partial charge in [-0.05, 0) is 30.7 Å². The number of amides is 1. The van der Waals surface area contributed by atoms with Gasteiger partial charge in [-0.25, -0.2) is 5.43 Å². The fourth-order valence-corrected chi connectivity index (χ4v) is 1.82. The Labute approximate surface area is 117 Å². The summed E-state index contributed by atoms with van der Waals surface area (Å²) in [4.78, 5) is 11.9. The van der Waals surface area contributed by atoms with Gasteiger partial charge in [0.25, 0.3) is 5.91 Å². The quantitative estimate of drug-likeness (QED) is 0.661. The SMILES string of the molecule is CCC(=NNC(=O)c1ccccc1)c1ccccc1O. The van der Waals surface area contributed by atoms with Crippen molar-refractivity contribution in [2.75, 3.05) is 0 Å². The van der Waals surface area contributed by atoms with E-state index in [1.165, 1.54) is 0 Å². The Balaban J connectivity index is 2.17. The maximum atomic E-state index is 11.9. The van der Waals surface area contributed by atoms with Crippen LogP contribution in [-0.4, -0.2) is 16.7 Å². The smallest absolute Gasteiger partial charge is 0.271 e. The van der Waals surface area contributed by atoms with Gasteiger partial charge in [0.2, 0.25) is 0 Å². The molecular formula is C16H16N2O2. The lowest BCUT2D eigenvalue weighted by Crippen LogP contribution is -2.19. The average molecular weight is 268 g/mol. The number of phenols is 1. The molecule has 0 heterocycles. The summed E-state index contributed by atoms with van der Waals surface area (Å²) in [6.07, 6.45) is 0.604. The zero-order valence-corrected chi connectivity index (χ0v) is 11.2. The van der Waals surface area contributed by atoms with Crippen LogP contribution < -0.4 is 5.43 Å². The summed E-state index contributed by atoms with van der Waals surface area (Å²) in [6, 6.07) is 15.8. The Bertz CT molecular complexity index is 621. The molecule has 0 saturated carbocycles. The van der Waals surface area contributed by atoms with Crippen LogP contribution in [0, 0.1) is 0 Å². The number of para-hydroxylation sites is 1.